The Bertz CT molecular complexity index is 559. The van der Waals surface area contributed by atoms with Gasteiger partial charge >= 0.3 is 0 Å². The monoisotopic (exact) mass is 299 g/mol. The average molecular weight is 299 g/mol. The summed E-state index contributed by atoms with van der Waals surface area (Å²) in [5, 5.41) is 2.90. The molecule has 2 rings (SSSR count). The topological polar surface area (TPSA) is 46.2 Å². The predicted molar refractivity (Wildman–Crippen MR) is 77.9 cm³/mol. The maximum Gasteiger partial charge on any atom is 0.184 e. The van der Waals surface area contributed by atoms with Crippen LogP contribution < -0.4 is 5.32 Å². The molecule has 1 aromatic carbocycles. The molecule has 0 bridgehead atoms. The van der Waals surface area contributed by atoms with Gasteiger partial charge in [-0.15, -0.1) is 0 Å². The Morgan fingerprint density at radius 2 is 2.00 bits per heavy atom. The summed E-state index contributed by atoms with van der Waals surface area (Å²) in [5.41, 5.74) is 0. The zero-order chi connectivity index (χ0) is 14.8. The molecule has 0 heterocycles. The highest BCUT2D eigenvalue weighted by Crippen LogP contribution is 2.35. The Kier molecular flexibility index (Phi) is 4.81. The summed E-state index contributed by atoms with van der Waals surface area (Å²) in [6, 6.07) is 5.87. The minimum absolute atomic E-state index is 0.00570. The molecule has 1 saturated carbocycles. The minimum Gasteiger partial charge on any atom is -0.314 e. The highest BCUT2D eigenvalue weighted by Gasteiger charge is 2.42. The molecule has 20 heavy (non-hydrogen) atoms. The first-order chi connectivity index (χ1) is 9.48. The van der Waals surface area contributed by atoms with Gasteiger partial charge in [0.15, 0.2) is 9.84 Å². The lowest BCUT2D eigenvalue weighted by Gasteiger charge is -2.22. The van der Waals surface area contributed by atoms with Crippen LogP contribution in [0.1, 0.15) is 33.1 Å². The van der Waals surface area contributed by atoms with E-state index in [0.29, 0.717) is 6.42 Å². The van der Waals surface area contributed by atoms with E-state index in [2.05, 4.69) is 12.2 Å². The lowest BCUT2D eigenvalue weighted by atomic mass is 10.1. The Labute approximate surface area is 120 Å². The second-order valence-corrected chi connectivity index (χ2v) is 7.65. The first kappa shape index (κ1) is 15.4. The first-order valence-electron chi connectivity index (χ1n) is 7.20. The number of benzene rings is 1. The molecule has 0 saturated heterocycles. The molecule has 3 unspecified atom stereocenters. The van der Waals surface area contributed by atoms with Crippen LogP contribution in [0, 0.1) is 11.7 Å². The van der Waals surface area contributed by atoms with Gasteiger partial charge in [0.25, 0.3) is 0 Å². The molecule has 3 nitrogen and oxygen atoms in total. The molecule has 0 aliphatic heterocycles. The number of rotatable bonds is 5. The van der Waals surface area contributed by atoms with Crippen molar-refractivity contribution in [3.8, 4) is 0 Å². The van der Waals surface area contributed by atoms with Crippen molar-refractivity contribution >= 4 is 9.84 Å². The van der Waals surface area contributed by atoms with E-state index in [-0.39, 0.29) is 16.9 Å². The van der Waals surface area contributed by atoms with Crippen molar-refractivity contribution in [1.29, 1.82) is 0 Å². The Balaban J connectivity index is 2.22. The molecule has 1 fully saturated rings. The van der Waals surface area contributed by atoms with Gasteiger partial charge in [0.1, 0.15) is 10.7 Å². The molecule has 112 valence electrons. The summed E-state index contributed by atoms with van der Waals surface area (Å²) in [7, 11) is -3.59. The zero-order valence-corrected chi connectivity index (χ0v) is 12.8. The molecule has 1 aromatic rings. The Hall–Kier alpha value is -0.940. The molecule has 3 atom stereocenters. The van der Waals surface area contributed by atoms with E-state index in [4.69, 9.17) is 0 Å². The van der Waals surface area contributed by atoms with Gasteiger partial charge in [-0.1, -0.05) is 26.0 Å². The third-order valence-corrected chi connectivity index (χ3v) is 6.59. The van der Waals surface area contributed by atoms with Gasteiger partial charge in [-0.25, -0.2) is 12.8 Å². The molecule has 1 aliphatic carbocycles. The fourth-order valence-electron chi connectivity index (χ4n) is 3.02. The highest BCUT2D eigenvalue weighted by atomic mass is 32.2. The van der Waals surface area contributed by atoms with Crippen molar-refractivity contribution in [3.05, 3.63) is 30.1 Å². The molecule has 1 N–H and O–H groups in total. The van der Waals surface area contributed by atoms with Crippen molar-refractivity contribution < 1.29 is 12.8 Å². The van der Waals surface area contributed by atoms with E-state index >= 15 is 0 Å². The molecule has 1 aliphatic rings. The van der Waals surface area contributed by atoms with Crippen molar-refractivity contribution in [2.24, 2.45) is 5.92 Å². The van der Waals surface area contributed by atoms with Crippen LogP contribution in [0.4, 0.5) is 4.39 Å². The van der Waals surface area contributed by atoms with Crippen LogP contribution in [0.25, 0.3) is 0 Å². The number of sulfone groups is 1. The highest BCUT2D eigenvalue weighted by molar-refractivity contribution is 7.92. The van der Waals surface area contributed by atoms with Crippen LogP contribution in [-0.4, -0.2) is 26.3 Å². The van der Waals surface area contributed by atoms with Crippen molar-refractivity contribution in [3.63, 3.8) is 0 Å². The van der Waals surface area contributed by atoms with Crippen molar-refractivity contribution in [2.45, 2.75) is 49.3 Å². The fraction of sp³-hybridized carbons (Fsp3) is 0.600. The number of nitrogens with one attached hydrogen (secondary N) is 1. The van der Waals surface area contributed by atoms with E-state index in [1.807, 2.05) is 6.92 Å². The molecular formula is C15H22FNO2S. The SMILES string of the molecule is CCCNC1CCC(S(=O)(=O)c2ccccc2F)C1C. The third-order valence-electron chi connectivity index (χ3n) is 4.18. The number of hydrogen-bond acceptors (Lipinski definition) is 3. The van der Waals surface area contributed by atoms with Crippen LogP contribution in [0.2, 0.25) is 0 Å². The van der Waals surface area contributed by atoms with Crippen molar-refractivity contribution in [2.75, 3.05) is 6.54 Å². The summed E-state index contributed by atoms with van der Waals surface area (Å²) >= 11 is 0. The van der Waals surface area contributed by atoms with E-state index in [9.17, 15) is 12.8 Å². The quantitative estimate of drug-likeness (QED) is 0.909. The Morgan fingerprint density at radius 3 is 2.65 bits per heavy atom. The standard InChI is InChI=1S/C15H22FNO2S/c1-3-10-17-13-8-9-14(11(13)2)20(18,19)15-7-5-4-6-12(15)16/h4-7,11,13-14,17H,3,8-10H2,1-2H3. The predicted octanol–water partition coefficient (Wildman–Crippen LogP) is 2.77. The molecule has 0 aromatic heterocycles. The summed E-state index contributed by atoms with van der Waals surface area (Å²) in [5.74, 6) is -0.643. The maximum atomic E-state index is 13.8. The lowest BCUT2D eigenvalue weighted by molar-refractivity contribution is 0.424. The van der Waals surface area contributed by atoms with Gasteiger partial charge in [0.2, 0.25) is 0 Å². The van der Waals surface area contributed by atoms with Crippen LogP contribution in [0.5, 0.6) is 0 Å². The maximum absolute atomic E-state index is 13.8. The minimum atomic E-state index is -3.59. The lowest BCUT2D eigenvalue weighted by Crippen LogP contribution is -2.36. The smallest absolute Gasteiger partial charge is 0.184 e. The molecule has 0 amide bonds. The second kappa shape index (κ2) is 6.22. The van der Waals surface area contributed by atoms with Gasteiger partial charge in [-0.3, -0.25) is 0 Å². The van der Waals surface area contributed by atoms with Crippen LogP contribution in [0.15, 0.2) is 29.2 Å². The fourth-order valence-corrected chi connectivity index (χ4v) is 5.16. The van der Waals surface area contributed by atoms with Gasteiger partial charge in [0, 0.05) is 6.04 Å². The van der Waals surface area contributed by atoms with Crippen LogP contribution in [0.3, 0.4) is 0 Å². The van der Waals surface area contributed by atoms with Gasteiger partial charge in [-0.2, -0.15) is 0 Å². The average Bonchev–Trinajstić information content (AvgIpc) is 2.78. The second-order valence-electron chi connectivity index (χ2n) is 5.51. The van der Waals surface area contributed by atoms with Gasteiger partial charge < -0.3 is 5.32 Å². The van der Waals surface area contributed by atoms with Crippen LogP contribution >= 0.6 is 0 Å². The normalized spacial score (nSPS) is 26.9. The van der Waals surface area contributed by atoms with Gasteiger partial charge in [0.05, 0.1) is 5.25 Å². The summed E-state index contributed by atoms with van der Waals surface area (Å²) in [6.45, 7) is 4.92. The third kappa shape index (κ3) is 2.88. The largest absolute Gasteiger partial charge is 0.314 e. The summed E-state index contributed by atoms with van der Waals surface area (Å²) in [4.78, 5) is -0.159. The Morgan fingerprint density at radius 1 is 1.30 bits per heavy atom. The van der Waals surface area contributed by atoms with E-state index < -0.39 is 20.9 Å². The van der Waals surface area contributed by atoms with Crippen LogP contribution in [-0.2, 0) is 9.84 Å². The van der Waals surface area contributed by atoms with E-state index in [0.717, 1.165) is 19.4 Å². The molecule has 0 radical (unpaired) electrons. The number of hydrogen-bond donors (Lipinski definition) is 1. The zero-order valence-electron chi connectivity index (χ0n) is 12.0. The van der Waals surface area contributed by atoms with Crippen molar-refractivity contribution in [1.82, 2.24) is 5.32 Å². The number of halogens is 1. The van der Waals surface area contributed by atoms with E-state index in [1.165, 1.54) is 18.2 Å². The first-order valence-corrected chi connectivity index (χ1v) is 8.75. The van der Waals surface area contributed by atoms with E-state index in [1.54, 1.807) is 6.07 Å². The summed E-state index contributed by atoms with van der Waals surface area (Å²) < 4.78 is 39.0. The molecular weight excluding hydrogens is 277 g/mol. The summed E-state index contributed by atoms with van der Waals surface area (Å²) in [6.07, 6.45) is 2.45. The van der Waals surface area contributed by atoms with Gasteiger partial charge in [-0.05, 0) is 43.9 Å². The molecule has 0 spiro atoms. The molecule has 5 heteroatoms.